The second-order valence-electron chi connectivity index (χ2n) is 2.72. The van der Waals surface area contributed by atoms with Gasteiger partial charge in [0.05, 0.1) is 0 Å². The Morgan fingerprint density at radius 1 is 1.64 bits per heavy atom. The summed E-state index contributed by atoms with van der Waals surface area (Å²) in [6.45, 7) is 8.49. The lowest BCUT2D eigenvalue weighted by Crippen LogP contribution is -1.79. The van der Waals surface area contributed by atoms with Gasteiger partial charge in [0, 0.05) is 19.9 Å². The molecule has 0 radical (unpaired) electrons. The molecule has 1 heterocycles. The summed E-state index contributed by atoms with van der Waals surface area (Å²) in [6, 6.07) is 3.68. The molecule has 1 aromatic rings. The maximum Gasteiger partial charge on any atom is 0.129 e. The largest absolute Gasteiger partial charge is 0.385 e. The van der Waals surface area contributed by atoms with Crippen LogP contribution in [0.15, 0.2) is 24.9 Å². The molecule has 1 rings (SSSR count). The number of ether oxygens (including phenoxy) is 1. The van der Waals surface area contributed by atoms with Gasteiger partial charge >= 0.3 is 0 Å². The van der Waals surface area contributed by atoms with Gasteiger partial charge in [0.15, 0.2) is 0 Å². The lowest BCUT2D eigenvalue weighted by atomic mass is 10.1. The summed E-state index contributed by atoms with van der Waals surface area (Å²) < 4.78 is 4.54. The average molecular weight is 214 g/mol. The van der Waals surface area contributed by atoms with Crippen molar-refractivity contribution >= 4 is 17.2 Å². The van der Waals surface area contributed by atoms with Crippen LogP contribution >= 0.6 is 11.6 Å². The number of pyridine rings is 1. The van der Waals surface area contributed by atoms with E-state index in [0.29, 0.717) is 5.15 Å². The van der Waals surface area contributed by atoms with Crippen LogP contribution in [0.3, 0.4) is 0 Å². The van der Waals surface area contributed by atoms with Gasteiger partial charge in [-0.2, -0.15) is 0 Å². The third-order valence-corrected chi connectivity index (χ3v) is 1.71. The minimum Gasteiger partial charge on any atom is -0.385 e. The number of allylic oxidation sites excluding steroid dienone is 1. The van der Waals surface area contributed by atoms with Crippen molar-refractivity contribution in [3.8, 4) is 0 Å². The Bertz CT molecular complexity index is 284. The van der Waals surface area contributed by atoms with Gasteiger partial charge in [-0.1, -0.05) is 23.8 Å². The summed E-state index contributed by atoms with van der Waals surface area (Å²) >= 11 is 5.64. The number of halogens is 1. The molecule has 0 aliphatic heterocycles. The van der Waals surface area contributed by atoms with Crippen molar-refractivity contribution in [2.24, 2.45) is 0 Å². The normalized spacial score (nSPS) is 8.86. The zero-order chi connectivity index (χ0) is 11.0. The van der Waals surface area contributed by atoms with Crippen LogP contribution in [0.1, 0.15) is 19.4 Å². The highest BCUT2D eigenvalue weighted by Crippen LogP contribution is 2.13. The fraction of sp³-hybridized carbons (Fsp3) is 0.364. The van der Waals surface area contributed by atoms with Crippen molar-refractivity contribution in [3.05, 3.63) is 35.6 Å². The maximum atomic E-state index is 5.64. The molecular formula is C11H16ClNO. The molecule has 0 aliphatic carbocycles. The minimum atomic E-state index is 0.514. The summed E-state index contributed by atoms with van der Waals surface area (Å²) in [5, 5.41) is 0.514. The van der Waals surface area contributed by atoms with Gasteiger partial charge in [0.25, 0.3) is 0 Å². The van der Waals surface area contributed by atoms with Gasteiger partial charge in [-0.3, -0.25) is 0 Å². The third-order valence-electron chi connectivity index (χ3n) is 1.51. The van der Waals surface area contributed by atoms with Crippen LogP contribution in [0.25, 0.3) is 5.57 Å². The number of aromatic nitrogens is 1. The monoisotopic (exact) mass is 213 g/mol. The van der Waals surface area contributed by atoms with Crippen LogP contribution in [0.4, 0.5) is 0 Å². The van der Waals surface area contributed by atoms with Crippen LogP contribution in [-0.4, -0.2) is 18.7 Å². The lowest BCUT2D eigenvalue weighted by Gasteiger charge is -1.96. The Kier molecular flexibility index (Phi) is 7.07. The Balaban J connectivity index is 0.000000364. The van der Waals surface area contributed by atoms with Crippen LogP contribution in [0, 0.1) is 0 Å². The Hall–Kier alpha value is -0.860. The smallest absolute Gasteiger partial charge is 0.129 e. The first-order valence-electron chi connectivity index (χ1n) is 4.38. The molecule has 2 nitrogen and oxygen atoms in total. The summed E-state index contributed by atoms with van der Waals surface area (Å²) in [5.41, 5.74) is 2.05. The topological polar surface area (TPSA) is 22.1 Å². The molecule has 0 spiro atoms. The predicted octanol–water partition coefficient (Wildman–Crippen LogP) is 3.42. The van der Waals surface area contributed by atoms with Crippen molar-refractivity contribution in [3.63, 3.8) is 0 Å². The molecular weight excluding hydrogens is 198 g/mol. The highest BCUT2D eigenvalue weighted by Gasteiger charge is 1.92. The Morgan fingerprint density at radius 3 is 2.50 bits per heavy atom. The first-order chi connectivity index (χ1) is 6.61. The van der Waals surface area contributed by atoms with Gasteiger partial charge < -0.3 is 4.74 Å². The Morgan fingerprint density at radius 2 is 2.21 bits per heavy atom. The maximum absolute atomic E-state index is 5.64. The summed E-state index contributed by atoms with van der Waals surface area (Å²) in [5.74, 6) is 0. The standard InChI is InChI=1S/C8H8ClN.C3H8O/c1-6(2)7-3-4-10-8(9)5-7;1-3-4-2/h3-5H,1H2,2H3;3H2,1-2H3. The first-order valence-corrected chi connectivity index (χ1v) is 4.76. The molecule has 0 fully saturated rings. The van der Waals surface area contributed by atoms with Crippen molar-refractivity contribution in [1.82, 2.24) is 4.98 Å². The molecule has 0 atom stereocenters. The SMILES string of the molecule is C=C(C)c1ccnc(Cl)c1.CCOC. The minimum absolute atomic E-state index is 0.514. The molecule has 0 saturated carbocycles. The van der Waals surface area contributed by atoms with Crippen LogP contribution in [-0.2, 0) is 4.74 Å². The second kappa shape index (κ2) is 7.54. The summed E-state index contributed by atoms with van der Waals surface area (Å²) in [7, 11) is 1.68. The fourth-order valence-corrected chi connectivity index (χ4v) is 0.842. The van der Waals surface area contributed by atoms with E-state index in [2.05, 4.69) is 16.3 Å². The summed E-state index contributed by atoms with van der Waals surface area (Å²) in [6.07, 6.45) is 1.67. The van der Waals surface area contributed by atoms with E-state index in [1.54, 1.807) is 19.4 Å². The zero-order valence-electron chi connectivity index (χ0n) is 8.88. The predicted molar refractivity (Wildman–Crippen MR) is 61.5 cm³/mol. The number of hydrogen-bond acceptors (Lipinski definition) is 2. The quantitative estimate of drug-likeness (QED) is 0.703. The van der Waals surface area contributed by atoms with E-state index in [9.17, 15) is 0 Å². The molecule has 1 aromatic heterocycles. The van der Waals surface area contributed by atoms with E-state index >= 15 is 0 Å². The number of hydrogen-bond donors (Lipinski definition) is 0. The third kappa shape index (κ3) is 5.73. The second-order valence-corrected chi connectivity index (χ2v) is 3.11. The number of methoxy groups -OCH3 is 1. The molecule has 0 aliphatic rings. The molecule has 0 bridgehead atoms. The van der Waals surface area contributed by atoms with Gasteiger partial charge in [-0.15, -0.1) is 0 Å². The van der Waals surface area contributed by atoms with Gasteiger partial charge in [0.1, 0.15) is 5.15 Å². The van der Waals surface area contributed by atoms with Crippen molar-refractivity contribution in [2.75, 3.05) is 13.7 Å². The van der Waals surface area contributed by atoms with E-state index in [-0.39, 0.29) is 0 Å². The first kappa shape index (κ1) is 13.1. The molecule has 0 saturated heterocycles. The van der Waals surface area contributed by atoms with E-state index in [1.807, 2.05) is 19.9 Å². The molecule has 0 N–H and O–H groups in total. The van der Waals surface area contributed by atoms with Crippen LogP contribution in [0.2, 0.25) is 5.15 Å². The molecule has 3 heteroatoms. The highest BCUT2D eigenvalue weighted by atomic mass is 35.5. The number of rotatable bonds is 2. The van der Waals surface area contributed by atoms with E-state index < -0.39 is 0 Å². The van der Waals surface area contributed by atoms with Gasteiger partial charge in [0.2, 0.25) is 0 Å². The van der Waals surface area contributed by atoms with E-state index in [4.69, 9.17) is 11.6 Å². The van der Waals surface area contributed by atoms with E-state index in [1.165, 1.54) is 0 Å². The fourth-order valence-electron chi connectivity index (χ4n) is 0.668. The molecule has 0 amide bonds. The van der Waals surface area contributed by atoms with Crippen LogP contribution in [0.5, 0.6) is 0 Å². The van der Waals surface area contributed by atoms with E-state index in [0.717, 1.165) is 17.7 Å². The molecule has 0 aromatic carbocycles. The van der Waals surface area contributed by atoms with Crippen LogP contribution < -0.4 is 0 Å². The molecule has 78 valence electrons. The molecule has 14 heavy (non-hydrogen) atoms. The Labute approximate surface area is 90.6 Å². The summed E-state index contributed by atoms with van der Waals surface area (Å²) in [4.78, 5) is 3.85. The van der Waals surface area contributed by atoms with Gasteiger partial charge in [-0.25, -0.2) is 4.98 Å². The average Bonchev–Trinajstić information content (AvgIpc) is 2.18. The highest BCUT2D eigenvalue weighted by molar-refractivity contribution is 6.29. The lowest BCUT2D eigenvalue weighted by molar-refractivity contribution is 0.215. The number of nitrogens with zero attached hydrogens (tertiary/aromatic N) is 1. The zero-order valence-corrected chi connectivity index (χ0v) is 9.64. The van der Waals surface area contributed by atoms with Gasteiger partial charge in [-0.05, 0) is 31.5 Å². The molecule has 0 unspecified atom stereocenters. The van der Waals surface area contributed by atoms with Crippen molar-refractivity contribution in [2.45, 2.75) is 13.8 Å². The van der Waals surface area contributed by atoms with Crippen molar-refractivity contribution in [1.29, 1.82) is 0 Å². The van der Waals surface area contributed by atoms with Crippen molar-refractivity contribution < 1.29 is 4.74 Å².